The normalized spacial score (nSPS) is 25.7. The molecule has 1 aliphatic heterocycles. The first kappa shape index (κ1) is 8.49. The van der Waals surface area contributed by atoms with Crippen molar-refractivity contribution in [1.82, 2.24) is 10.7 Å². The van der Waals surface area contributed by atoms with Gasteiger partial charge in [-0.1, -0.05) is 12.8 Å². The second kappa shape index (κ2) is 4.31. The highest BCUT2D eigenvalue weighted by molar-refractivity contribution is 5.81. The maximum Gasteiger partial charge on any atom is 0.250 e. The molecule has 0 saturated carbocycles. The summed E-state index contributed by atoms with van der Waals surface area (Å²) in [6.45, 7) is 0.929. The molecule has 0 bridgehead atoms. The van der Waals surface area contributed by atoms with E-state index in [1.807, 2.05) is 0 Å². The molecule has 1 heterocycles. The van der Waals surface area contributed by atoms with Crippen LogP contribution in [0.5, 0.6) is 0 Å². The highest BCUT2D eigenvalue weighted by atomic mass is 16.2. The molecule has 1 unspecified atom stereocenters. The third-order valence-corrected chi connectivity index (χ3v) is 2.02. The first-order valence-corrected chi connectivity index (χ1v) is 4.08. The maximum atomic E-state index is 11.0. The number of carbonyl (C=O) groups is 1. The van der Waals surface area contributed by atoms with Crippen LogP contribution in [0.2, 0.25) is 0 Å². The molecule has 1 rings (SSSR count). The summed E-state index contributed by atoms with van der Waals surface area (Å²) in [4.78, 5) is 11.0. The van der Waals surface area contributed by atoms with Crippen LogP contribution in [0.4, 0.5) is 0 Å². The number of amides is 1. The van der Waals surface area contributed by atoms with Gasteiger partial charge in [0.05, 0.1) is 6.04 Å². The van der Waals surface area contributed by atoms with E-state index >= 15 is 0 Å². The molecule has 4 nitrogen and oxygen atoms in total. The Kier molecular flexibility index (Phi) is 3.32. The van der Waals surface area contributed by atoms with Gasteiger partial charge in [0.2, 0.25) is 0 Å². The number of nitrogens with two attached hydrogens (primary N) is 1. The molecular weight excluding hydrogens is 142 g/mol. The summed E-state index contributed by atoms with van der Waals surface area (Å²) < 4.78 is 0. The minimum atomic E-state index is -0.0908. The van der Waals surface area contributed by atoms with E-state index in [4.69, 9.17) is 5.84 Å². The lowest BCUT2D eigenvalue weighted by atomic mass is 10.1. The molecule has 1 fully saturated rings. The van der Waals surface area contributed by atoms with Crippen molar-refractivity contribution < 1.29 is 4.79 Å². The van der Waals surface area contributed by atoms with E-state index in [0.29, 0.717) is 0 Å². The Hall–Kier alpha value is -0.610. The van der Waals surface area contributed by atoms with Gasteiger partial charge < -0.3 is 5.32 Å². The van der Waals surface area contributed by atoms with Gasteiger partial charge in [0.1, 0.15) is 0 Å². The zero-order chi connectivity index (χ0) is 8.10. The first-order chi connectivity index (χ1) is 5.34. The summed E-state index contributed by atoms with van der Waals surface area (Å²) in [6, 6.07) is -0.0671. The highest BCUT2D eigenvalue weighted by Crippen LogP contribution is 2.07. The van der Waals surface area contributed by atoms with Gasteiger partial charge in [-0.15, -0.1) is 0 Å². The topological polar surface area (TPSA) is 67.1 Å². The molecular formula is C7H15N3O. The molecule has 0 spiro atoms. The van der Waals surface area contributed by atoms with Gasteiger partial charge in [-0.05, 0) is 19.4 Å². The minimum Gasteiger partial charge on any atom is -0.306 e. The Labute approximate surface area is 66.5 Å². The van der Waals surface area contributed by atoms with E-state index in [-0.39, 0.29) is 11.9 Å². The van der Waals surface area contributed by atoms with Gasteiger partial charge in [-0.2, -0.15) is 0 Å². The van der Waals surface area contributed by atoms with Crippen molar-refractivity contribution in [1.29, 1.82) is 0 Å². The molecule has 0 radical (unpaired) electrons. The molecule has 1 aliphatic rings. The standard InChI is InChI=1S/C7H15N3O/c8-10-7(11)6-4-2-1-3-5-9-6/h6,9H,1-5,8H2,(H,10,11). The largest absolute Gasteiger partial charge is 0.306 e. The summed E-state index contributed by atoms with van der Waals surface area (Å²) >= 11 is 0. The molecule has 0 aromatic rings. The molecule has 0 aromatic heterocycles. The number of carbonyl (C=O) groups excluding carboxylic acids is 1. The van der Waals surface area contributed by atoms with E-state index < -0.39 is 0 Å². The van der Waals surface area contributed by atoms with Gasteiger partial charge in [0.15, 0.2) is 0 Å². The fourth-order valence-electron chi connectivity index (χ4n) is 1.35. The third kappa shape index (κ3) is 2.48. The molecule has 11 heavy (non-hydrogen) atoms. The molecule has 1 saturated heterocycles. The van der Waals surface area contributed by atoms with Gasteiger partial charge >= 0.3 is 0 Å². The van der Waals surface area contributed by atoms with Crippen LogP contribution in [0.3, 0.4) is 0 Å². The zero-order valence-corrected chi connectivity index (χ0v) is 6.60. The number of nitrogens with one attached hydrogen (secondary N) is 2. The van der Waals surface area contributed by atoms with Crippen molar-refractivity contribution in [2.75, 3.05) is 6.54 Å². The maximum absolute atomic E-state index is 11.0. The van der Waals surface area contributed by atoms with Gasteiger partial charge in [0, 0.05) is 0 Å². The zero-order valence-electron chi connectivity index (χ0n) is 6.60. The fraction of sp³-hybridized carbons (Fsp3) is 0.857. The van der Waals surface area contributed by atoms with Crippen LogP contribution in [-0.2, 0) is 4.79 Å². The molecule has 64 valence electrons. The van der Waals surface area contributed by atoms with Crippen LogP contribution in [0, 0.1) is 0 Å². The van der Waals surface area contributed by atoms with Crippen LogP contribution >= 0.6 is 0 Å². The fourth-order valence-corrected chi connectivity index (χ4v) is 1.35. The Morgan fingerprint density at radius 3 is 3.00 bits per heavy atom. The van der Waals surface area contributed by atoms with Crippen LogP contribution in [0.25, 0.3) is 0 Å². The van der Waals surface area contributed by atoms with E-state index in [9.17, 15) is 4.79 Å². The van der Waals surface area contributed by atoms with E-state index in [2.05, 4.69) is 10.7 Å². The Balaban J connectivity index is 2.36. The lowest BCUT2D eigenvalue weighted by molar-refractivity contribution is -0.123. The molecule has 4 N–H and O–H groups in total. The average Bonchev–Trinajstić information content (AvgIpc) is 2.30. The number of hydrogen-bond donors (Lipinski definition) is 3. The predicted octanol–water partition coefficient (Wildman–Crippen LogP) is -0.492. The van der Waals surface area contributed by atoms with Crippen molar-refractivity contribution in [2.24, 2.45) is 5.84 Å². The monoisotopic (exact) mass is 157 g/mol. The average molecular weight is 157 g/mol. The molecule has 4 heteroatoms. The molecule has 1 amide bonds. The smallest absolute Gasteiger partial charge is 0.250 e. The van der Waals surface area contributed by atoms with Crippen molar-refractivity contribution in [3.63, 3.8) is 0 Å². The van der Waals surface area contributed by atoms with Crippen LogP contribution in [0.15, 0.2) is 0 Å². The van der Waals surface area contributed by atoms with E-state index in [0.717, 1.165) is 25.8 Å². The number of rotatable bonds is 1. The number of hydrogen-bond acceptors (Lipinski definition) is 3. The quantitative estimate of drug-likeness (QED) is 0.273. The minimum absolute atomic E-state index is 0.0671. The summed E-state index contributed by atoms with van der Waals surface area (Å²) in [5.74, 6) is 4.92. The first-order valence-electron chi connectivity index (χ1n) is 4.08. The summed E-state index contributed by atoms with van der Waals surface area (Å²) in [5.41, 5.74) is 2.16. The Morgan fingerprint density at radius 1 is 1.45 bits per heavy atom. The molecule has 1 atom stereocenters. The van der Waals surface area contributed by atoms with Crippen LogP contribution < -0.4 is 16.6 Å². The van der Waals surface area contributed by atoms with Crippen LogP contribution in [-0.4, -0.2) is 18.5 Å². The Morgan fingerprint density at radius 2 is 2.27 bits per heavy atom. The van der Waals surface area contributed by atoms with E-state index in [1.165, 1.54) is 6.42 Å². The van der Waals surface area contributed by atoms with Gasteiger partial charge in [-0.3, -0.25) is 10.2 Å². The SMILES string of the molecule is NNC(=O)C1CCCCCN1. The van der Waals surface area contributed by atoms with Crippen molar-refractivity contribution in [2.45, 2.75) is 31.7 Å². The Bertz CT molecular complexity index is 130. The van der Waals surface area contributed by atoms with Crippen molar-refractivity contribution in [3.8, 4) is 0 Å². The molecule has 0 aromatic carbocycles. The number of hydrazine groups is 1. The summed E-state index contributed by atoms with van der Waals surface area (Å²) in [6.07, 6.45) is 4.39. The van der Waals surface area contributed by atoms with Gasteiger partial charge in [-0.25, -0.2) is 5.84 Å². The summed E-state index contributed by atoms with van der Waals surface area (Å²) in [7, 11) is 0. The molecule has 0 aliphatic carbocycles. The summed E-state index contributed by atoms with van der Waals surface area (Å²) in [5, 5.41) is 3.14. The van der Waals surface area contributed by atoms with E-state index in [1.54, 1.807) is 0 Å². The van der Waals surface area contributed by atoms with Crippen molar-refractivity contribution >= 4 is 5.91 Å². The van der Waals surface area contributed by atoms with Gasteiger partial charge in [0.25, 0.3) is 5.91 Å². The van der Waals surface area contributed by atoms with Crippen molar-refractivity contribution in [3.05, 3.63) is 0 Å². The highest BCUT2D eigenvalue weighted by Gasteiger charge is 2.17. The van der Waals surface area contributed by atoms with Crippen LogP contribution in [0.1, 0.15) is 25.7 Å². The second-order valence-electron chi connectivity index (χ2n) is 2.86. The lowest BCUT2D eigenvalue weighted by Crippen LogP contribution is -2.46. The lowest BCUT2D eigenvalue weighted by Gasteiger charge is -2.12. The second-order valence-corrected chi connectivity index (χ2v) is 2.86. The predicted molar refractivity (Wildman–Crippen MR) is 42.6 cm³/mol. The third-order valence-electron chi connectivity index (χ3n) is 2.02.